The molecule has 0 radical (unpaired) electrons. The van der Waals surface area contributed by atoms with Gasteiger partial charge in [0.1, 0.15) is 5.75 Å². The number of carbonyl (C=O) groups excluding carboxylic acids is 1. The van der Waals surface area contributed by atoms with Crippen LogP contribution in [0.2, 0.25) is 0 Å². The van der Waals surface area contributed by atoms with Crippen LogP contribution >= 0.6 is 0 Å². The van der Waals surface area contributed by atoms with Crippen LogP contribution in [0.3, 0.4) is 0 Å². The van der Waals surface area contributed by atoms with E-state index >= 15 is 0 Å². The Kier molecular flexibility index (Phi) is 6.54. The van der Waals surface area contributed by atoms with Gasteiger partial charge in [0, 0.05) is 37.8 Å². The second kappa shape index (κ2) is 8.87. The predicted molar refractivity (Wildman–Crippen MR) is 102 cm³/mol. The van der Waals surface area contributed by atoms with Crippen LogP contribution in [-0.4, -0.2) is 66.7 Å². The molecule has 1 aromatic rings. The van der Waals surface area contributed by atoms with Crippen molar-refractivity contribution < 1.29 is 14.3 Å². The van der Waals surface area contributed by atoms with Crippen molar-refractivity contribution in [2.75, 3.05) is 32.8 Å². The van der Waals surface area contributed by atoms with Crippen LogP contribution in [-0.2, 0) is 16.0 Å². The molecule has 0 aromatic heterocycles. The van der Waals surface area contributed by atoms with Crippen LogP contribution in [0.1, 0.15) is 39.2 Å². The van der Waals surface area contributed by atoms with E-state index in [1.165, 1.54) is 0 Å². The summed E-state index contributed by atoms with van der Waals surface area (Å²) in [6.07, 6.45) is 3.13. The molecule has 2 saturated heterocycles. The number of morpholine rings is 1. The standard InChI is InChI=1S/C21H32N2O3/c1-4-25-20-8-6-5-7-18(20)13-21(24)22-11-9-19(10-12-22)23-14-16(2)26-17(3)15-23/h5-8,16-17,19H,4,9-15H2,1-3H3/t16-,17+. The lowest BCUT2D eigenvalue weighted by molar-refractivity contribution is -0.133. The first-order chi connectivity index (χ1) is 12.6. The van der Waals surface area contributed by atoms with Crippen LogP contribution in [0, 0.1) is 0 Å². The third-order valence-corrected chi connectivity index (χ3v) is 5.40. The zero-order chi connectivity index (χ0) is 18.5. The third-order valence-electron chi connectivity index (χ3n) is 5.40. The second-order valence-electron chi connectivity index (χ2n) is 7.54. The van der Waals surface area contributed by atoms with Crippen LogP contribution in [0.5, 0.6) is 5.75 Å². The van der Waals surface area contributed by atoms with Gasteiger partial charge < -0.3 is 14.4 Å². The number of carbonyl (C=O) groups is 1. The summed E-state index contributed by atoms with van der Waals surface area (Å²) in [7, 11) is 0. The Labute approximate surface area is 157 Å². The van der Waals surface area contributed by atoms with Gasteiger partial charge >= 0.3 is 0 Å². The van der Waals surface area contributed by atoms with Crippen molar-refractivity contribution in [3.63, 3.8) is 0 Å². The zero-order valence-electron chi connectivity index (χ0n) is 16.3. The molecule has 3 rings (SSSR count). The van der Waals surface area contributed by atoms with Gasteiger partial charge in [0.25, 0.3) is 0 Å². The number of nitrogens with zero attached hydrogens (tertiary/aromatic N) is 2. The summed E-state index contributed by atoms with van der Waals surface area (Å²) >= 11 is 0. The lowest BCUT2D eigenvalue weighted by Crippen LogP contribution is -2.53. The molecule has 2 fully saturated rings. The maximum absolute atomic E-state index is 12.7. The fourth-order valence-corrected chi connectivity index (χ4v) is 4.22. The van der Waals surface area contributed by atoms with Crippen molar-refractivity contribution >= 4 is 5.91 Å². The molecule has 26 heavy (non-hydrogen) atoms. The molecule has 2 aliphatic heterocycles. The molecule has 0 saturated carbocycles. The molecule has 1 amide bonds. The monoisotopic (exact) mass is 360 g/mol. The van der Waals surface area contributed by atoms with Crippen molar-refractivity contribution in [3.8, 4) is 5.75 Å². The number of para-hydroxylation sites is 1. The Balaban J connectivity index is 1.52. The number of benzene rings is 1. The number of ether oxygens (including phenoxy) is 2. The fourth-order valence-electron chi connectivity index (χ4n) is 4.22. The van der Waals surface area contributed by atoms with Crippen LogP contribution < -0.4 is 4.74 Å². The van der Waals surface area contributed by atoms with Gasteiger partial charge in [0.2, 0.25) is 5.91 Å². The zero-order valence-corrected chi connectivity index (χ0v) is 16.3. The number of amides is 1. The van der Waals surface area contributed by atoms with Crippen LogP contribution in [0.25, 0.3) is 0 Å². The summed E-state index contributed by atoms with van der Waals surface area (Å²) in [4.78, 5) is 17.3. The molecule has 5 heteroatoms. The maximum Gasteiger partial charge on any atom is 0.227 e. The van der Waals surface area contributed by atoms with Gasteiger partial charge in [-0.25, -0.2) is 0 Å². The molecule has 0 bridgehead atoms. The summed E-state index contributed by atoms with van der Waals surface area (Å²) in [5.41, 5.74) is 0.984. The van der Waals surface area contributed by atoms with Gasteiger partial charge in [-0.1, -0.05) is 18.2 Å². The Morgan fingerprint density at radius 1 is 1.15 bits per heavy atom. The molecule has 0 aliphatic carbocycles. The first kappa shape index (κ1) is 19.2. The van der Waals surface area contributed by atoms with Gasteiger partial charge in [-0.2, -0.15) is 0 Å². The Hall–Kier alpha value is -1.59. The molecule has 5 nitrogen and oxygen atoms in total. The molecule has 0 unspecified atom stereocenters. The van der Waals surface area contributed by atoms with E-state index in [-0.39, 0.29) is 5.91 Å². The molecule has 2 atom stereocenters. The SMILES string of the molecule is CCOc1ccccc1CC(=O)N1CCC(N2C[C@@H](C)O[C@@H](C)C2)CC1. The number of hydrogen-bond donors (Lipinski definition) is 0. The van der Waals surface area contributed by atoms with E-state index in [0.29, 0.717) is 31.3 Å². The number of hydrogen-bond acceptors (Lipinski definition) is 4. The minimum atomic E-state index is 0.208. The summed E-state index contributed by atoms with van der Waals surface area (Å²) in [5.74, 6) is 1.04. The fraction of sp³-hybridized carbons (Fsp3) is 0.667. The van der Waals surface area contributed by atoms with Gasteiger partial charge in [0.15, 0.2) is 0 Å². The summed E-state index contributed by atoms with van der Waals surface area (Å²) in [5, 5.41) is 0. The van der Waals surface area contributed by atoms with E-state index in [1.807, 2.05) is 36.1 Å². The normalized spacial score (nSPS) is 25.3. The minimum absolute atomic E-state index is 0.208. The largest absolute Gasteiger partial charge is 0.494 e. The molecular formula is C21H32N2O3. The van der Waals surface area contributed by atoms with Crippen molar-refractivity contribution in [1.29, 1.82) is 0 Å². The molecule has 144 valence electrons. The van der Waals surface area contributed by atoms with Gasteiger partial charge in [-0.15, -0.1) is 0 Å². The van der Waals surface area contributed by atoms with E-state index in [1.54, 1.807) is 0 Å². The van der Waals surface area contributed by atoms with Crippen molar-refractivity contribution in [3.05, 3.63) is 29.8 Å². The molecule has 0 spiro atoms. The average Bonchev–Trinajstić information content (AvgIpc) is 2.63. The highest BCUT2D eigenvalue weighted by Crippen LogP contribution is 2.23. The van der Waals surface area contributed by atoms with E-state index in [2.05, 4.69) is 18.7 Å². The second-order valence-corrected chi connectivity index (χ2v) is 7.54. The van der Waals surface area contributed by atoms with Crippen molar-refractivity contribution in [2.24, 2.45) is 0 Å². The maximum atomic E-state index is 12.7. The van der Waals surface area contributed by atoms with Crippen molar-refractivity contribution in [1.82, 2.24) is 9.80 Å². The number of piperidine rings is 1. The van der Waals surface area contributed by atoms with Gasteiger partial charge in [-0.3, -0.25) is 9.69 Å². The highest BCUT2D eigenvalue weighted by molar-refractivity contribution is 5.79. The van der Waals surface area contributed by atoms with Gasteiger partial charge in [-0.05, 0) is 39.7 Å². The van der Waals surface area contributed by atoms with Crippen LogP contribution in [0.15, 0.2) is 24.3 Å². The van der Waals surface area contributed by atoms with Gasteiger partial charge in [0.05, 0.1) is 25.2 Å². The molecule has 2 heterocycles. The lowest BCUT2D eigenvalue weighted by Gasteiger charge is -2.43. The van der Waals surface area contributed by atoms with E-state index in [0.717, 1.165) is 50.3 Å². The van der Waals surface area contributed by atoms with E-state index in [4.69, 9.17) is 9.47 Å². The van der Waals surface area contributed by atoms with E-state index in [9.17, 15) is 4.79 Å². The third kappa shape index (κ3) is 4.77. The number of rotatable bonds is 5. The highest BCUT2D eigenvalue weighted by atomic mass is 16.5. The Morgan fingerprint density at radius 3 is 2.46 bits per heavy atom. The topological polar surface area (TPSA) is 42.0 Å². The Morgan fingerprint density at radius 2 is 1.81 bits per heavy atom. The first-order valence-corrected chi connectivity index (χ1v) is 9.94. The minimum Gasteiger partial charge on any atom is -0.494 e. The summed E-state index contributed by atoms with van der Waals surface area (Å²) in [6.45, 7) is 10.6. The van der Waals surface area contributed by atoms with Crippen molar-refractivity contribution in [2.45, 2.75) is 58.3 Å². The smallest absolute Gasteiger partial charge is 0.227 e. The van der Waals surface area contributed by atoms with Crippen LogP contribution in [0.4, 0.5) is 0 Å². The molecule has 0 N–H and O–H groups in total. The quantitative estimate of drug-likeness (QED) is 0.810. The molecule has 1 aromatic carbocycles. The highest BCUT2D eigenvalue weighted by Gasteiger charge is 2.31. The summed E-state index contributed by atoms with van der Waals surface area (Å²) in [6, 6.07) is 8.43. The lowest BCUT2D eigenvalue weighted by atomic mass is 10.0. The number of likely N-dealkylation sites (tertiary alicyclic amines) is 1. The molecule has 2 aliphatic rings. The molecular weight excluding hydrogens is 328 g/mol. The first-order valence-electron chi connectivity index (χ1n) is 9.94. The Bertz CT molecular complexity index is 589. The van der Waals surface area contributed by atoms with E-state index < -0.39 is 0 Å². The summed E-state index contributed by atoms with van der Waals surface area (Å²) < 4.78 is 11.5. The predicted octanol–water partition coefficient (Wildman–Crippen LogP) is 2.73. The average molecular weight is 360 g/mol.